The number of carbonyl (C=O) groups is 2. The molecule has 55 atom stereocenters. The van der Waals surface area contributed by atoms with E-state index in [9.17, 15) is 178 Å². The van der Waals surface area contributed by atoms with Crippen LogP contribution in [0.3, 0.4) is 0 Å². The second kappa shape index (κ2) is 45.8. The Morgan fingerprint density at radius 2 is 0.430 bits per heavy atom. The van der Waals surface area contributed by atoms with E-state index in [-0.39, 0.29) is 0 Å². The van der Waals surface area contributed by atoms with Gasteiger partial charge in [-0.15, -0.1) is 0 Å². The Morgan fingerprint density at radius 3 is 0.773 bits per heavy atom. The van der Waals surface area contributed by atoms with Crippen molar-refractivity contribution in [1.29, 1.82) is 0 Å². The summed E-state index contributed by atoms with van der Waals surface area (Å²) in [7, 11) is 0. The normalized spacial score (nSPS) is 51.7. The third-order valence-corrected chi connectivity index (χ3v) is 23.8. The van der Waals surface area contributed by atoms with Crippen molar-refractivity contribution in [3.8, 4) is 0 Å². The van der Waals surface area contributed by atoms with Crippen LogP contribution in [0.1, 0.15) is 13.8 Å². The van der Waals surface area contributed by atoms with E-state index in [1.54, 1.807) is 0 Å². The van der Waals surface area contributed by atoms with Gasteiger partial charge in [0, 0.05) is 13.8 Å². The molecule has 2 amide bonds. The maximum absolute atomic E-state index is 13.1. The standard InChI is InChI=1S/C70H118N2O56/c1-14(82)71-27-38(93)52(23(10-80)110-60(27)107)121-61-28(72-15(2)83)39(94)53(24(11-81)118-61)122-66-51(106)55(124-69-59(46(101)35(90)21(8-78)116-69)128-70-58(45(100)34(89)22(9-79)117-70)127-65-49(104)42(97)31(86)18(5-75)113-65)37(92)26(120-66)12-108-62-50(105)54(123-68-57(44(99)33(88)20(7-77)115-68)126-64-48(103)41(96)30(85)17(4-74)112-64)36(91)25(119-62)13-109-67-56(43(98)32(87)19(6-76)114-67)125-63-47(102)40(95)29(84)16(3-73)111-63/h16-70,73-81,84-107H,3-13H2,1-2H3,(H,71,82)(H,72,83)/t16-,17-,18-,19-,20-,21-,22-,23-,24-,25-,26-,27-,28-,29-,30-,31-,32-,33-,34-,35-,36-,37-,38-,39-,40+,41+,42+,43+,44+,45+,46+,47+,48+,49+,50+,51+,52-,53-,54+,55+,56+,57+,58+,59+,60+,61+,62+,63-,64-,65-,66+,67+,68-,69-,70-/m1/s1. The van der Waals surface area contributed by atoms with Crippen molar-refractivity contribution < 1.29 is 278 Å². The molecule has 0 unspecified atom stereocenters. The number of ether oxygens (including phenoxy) is 21. The molecule has 744 valence electrons. The summed E-state index contributed by atoms with van der Waals surface area (Å²) in [4.78, 5) is 25.4. The van der Waals surface area contributed by atoms with Crippen LogP contribution in [0.2, 0.25) is 0 Å². The van der Waals surface area contributed by atoms with Gasteiger partial charge in [-0.3, -0.25) is 9.59 Å². The molecule has 11 fully saturated rings. The maximum Gasteiger partial charge on any atom is 0.217 e. The fourth-order valence-corrected chi connectivity index (χ4v) is 16.5. The van der Waals surface area contributed by atoms with Crippen molar-refractivity contribution in [2.45, 2.75) is 351 Å². The summed E-state index contributed by atoms with van der Waals surface area (Å²) in [6.07, 6.45) is -117. The van der Waals surface area contributed by atoms with Gasteiger partial charge in [0.1, 0.15) is 268 Å². The van der Waals surface area contributed by atoms with Crippen LogP contribution >= 0.6 is 0 Å². The lowest BCUT2D eigenvalue weighted by atomic mass is 9.94. The van der Waals surface area contributed by atoms with Crippen molar-refractivity contribution in [2.75, 3.05) is 72.7 Å². The Bertz CT molecular complexity index is 3380. The number of rotatable bonds is 33. The molecule has 0 saturated carbocycles. The predicted molar refractivity (Wildman–Crippen MR) is 386 cm³/mol. The maximum atomic E-state index is 13.1. The minimum Gasteiger partial charge on any atom is -0.394 e. The minimum atomic E-state index is -2.69. The Morgan fingerprint density at radius 1 is 0.203 bits per heavy atom. The number of hydrogen-bond donors (Lipinski definition) is 35. The first-order valence-corrected chi connectivity index (χ1v) is 40.7. The zero-order valence-corrected chi connectivity index (χ0v) is 67.7. The van der Waals surface area contributed by atoms with Gasteiger partial charge >= 0.3 is 0 Å². The van der Waals surface area contributed by atoms with Crippen LogP contribution in [0.25, 0.3) is 0 Å². The number of aliphatic hydroxyl groups excluding tert-OH is 33. The van der Waals surface area contributed by atoms with Gasteiger partial charge < -0.3 is 279 Å². The highest BCUT2D eigenvalue weighted by atomic mass is 16.8. The molecular formula is C70H118N2O56. The van der Waals surface area contributed by atoms with E-state index in [0.717, 1.165) is 13.8 Å². The molecule has 0 aromatic rings. The lowest BCUT2D eigenvalue weighted by Gasteiger charge is -2.51. The summed E-state index contributed by atoms with van der Waals surface area (Å²) in [5.74, 6) is -1.82. The van der Waals surface area contributed by atoms with E-state index >= 15 is 0 Å². The van der Waals surface area contributed by atoms with Crippen molar-refractivity contribution >= 4 is 11.8 Å². The number of carbonyl (C=O) groups excluding carboxylic acids is 2. The topological polar surface area (TPSA) is 920 Å². The highest BCUT2D eigenvalue weighted by Gasteiger charge is 2.62. The molecule has 0 aromatic carbocycles. The fourth-order valence-electron chi connectivity index (χ4n) is 16.5. The van der Waals surface area contributed by atoms with Crippen LogP contribution < -0.4 is 10.6 Å². The van der Waals surface area contributed by atoms with E-state index in [1.165, 1.54) is 0 Å². The zero-order valence-electron chi connectivity index (χ0n) is 67.7. The van der Waals surface area contributed by atoms with Crippen LogP contribution in [-0.2, 0) is 109 Å². The number of nitrogens with one attached hydrogen (secondary N) is 2. The molecular weight excluding hydrogens is 1760 g/mol. The molecule has 58 nitrogen and oxygen atoms in total. The minimum absolute atomic E-state index is 0.824. The molecule has 128 heavy (non-hydrogen) atoms. The summed E-state index contributed by atoms with van der Waals surface area (Å²) < 4.78 is 124. The second-order valence-electron chi connectivity index (χ2n) is 32.3. The molecule has 0 spiro atoms. The van der Waals surface area contributed by atoms with Crippen molar-refractivity contribution in [3.63, 3.8) is 0 Å². The second-order valence-corrected chi connectivity index (χ2v) is 32.3. The summed E-state index contributed by atoms with van der Waals surface area (Å²) >= 11 is 0. The van der Waals surface area contributed by atoms with Crippen LogP contribution in [0, 0.1) is 0 Å². The summed E-state index contributed by atoms with van der Waals surface area (Å²) in [5, 5.41) is 372. The molecule has 0 bridgehead atoms. The molecule has 0 aromatic heterocycles. The van der Waals surface area contributed by atoms with E-state index in [4.69, 9.17) is 99.5 Å². The first-order valence-electron chi connectivity index (χ1n) is 40.7. The van der Waals surface area contributed by atoms with E-state index in [0.29, 0.717) is 0 Å². The van der Waals surface area contributed by atoms with Crippen LogP contribution in [0.15, 0.2) is 0 Å². The Kier molecular flexibility index (Phi) is 37.7. The average Bonchev–Trinajstić information content (AvgIpc) is 0.758. The van der Waals surface area contributed by atoms with E-state index in [1.807, 2.05) is 0 Å². The average molecular weight is 1880 g/mol. The number of aliphatic hydroxyl groups is 33. The molecule has 35 N–H and O–H groups in total. The van der Waals surface area contributed by atoms with Gasteiger partial charge in [0.15, 0.2) is 69.2 Å². The van der Waals surface area contributed by atoms with Crippen LogP contribution in [0.4, 0.5) is 0 Å². The van der Waals surface area contributed by atoms with E-state index in [2.05, 4.69) is 10.6 Å². The molecule has 11 saturated heterocycles. The highest BCUT2D eigenvalue weighted by molar-refractivity contribution is 5.73. The Labute approximate surface area is 722 Å². The quantitative estimate of drug-likeness (QED) is 0.0290. The van der Waals surface area contributed by atoms with Crippen molar-refractivity contribution in [3.05, 3.63) is 0 Å². The van der Waals surface area contributed by atoms with Gasteiger partial charge in [0.2, 0.25) is 11.8 Å². The fraction of sp³-hybridized carbons (Fsp3) is 0.971. The molecule has 58 heteroatoms. The largest absolute Gasteiger partial charge is 0.394 e. The Balaban J connectivity index is 0.961. The smallest absolute Gasteiger partial charge is 0.217 e. The van der Waals surface area contributed by atoms with Gasteiger partial charge in [-0.05, 0) is 0 Å². The first kappa shape index (κ1) is 105. The molecule has 11 aliphatic heterocycles. The third-order valence-electron chi connectivity index (χ3n) is 23.8. The Hall–Kier alpha value is -3.22. The summed E-state index contributed by atoms with van der Waals surface area (Å²) in [6.45, 7) is -10.9. The van der Waals surface area contributed by atoms with Crippen LogP contribution in [0.5, 0.6) is 0 Å². The number of amides is 2. The SMILES string of the molecule is CC(=O)N[C@@H]1[C@@H](O)[C@H](O[C@@H]2O[C@H](CO)[C@@H](O[C@@H]3O[C@H](CO[C@H]4O[C@H](CO[C@H]5O[C@H](CO)[C@@H](O)[C@H](O)[C@@H]5O[C@H]5O[C@H](CO)[C@@H](O)[C@H](O)[C@@H]5O)[C@@H](O)[C@H](O[C@H]5O[C@H](CO)[C@@H](O)[C@H](O)[C@@H]5O[C@H]5O[C@H](CO)[C@@H](O)[C@H](O)[C@@H]5O)[C@@H]4O)[C@@H](O)[C@H](O[C@H]4O[C@H](CO)[C@@H](O)[C@H](O)[C@@H]4O[C@H]4O[C@H](CO)[C@@H](O)[C@H](O)[C@@H]4O[C@H]4O[C@H](CO)[C@@H](O)[C@H](O)[C@@H]4O)[C@@H]3O)[C@H](O)[C@H]2NC(C)=O)[C@@H](CO)O[C@@H]1O. The van der Waals surface area contributed by atoms with Crippen LogP contribution in [-0.4, -0.2) is 591 Å². The molecule has 11 rings (SSSR count). The van der Waals surface area contributed by atoms with E-state index < -0.39 is 422 Å². The predicted octanol–water partition coefficient (Wildman–Crippen LogP) is -24.7. The number of hydrogen-bond acceptors (Lipinski definition) is 56. The zero-order chi connectivity index (χ0) is 94.0. The monoisotopic (exact) mass is 1880 g/mol. The molecule has 0 aliphatic carbocycles. The lowest BCUT2D eigenvalue weighted by Crippen LogP contribution is -2.70. The molecule has 0 radical (unpaired) electrons. The molecule has 11 aliphatic rings. The van der Waals surface area contributed by atoms with Gasteiger partial charge in [-0.25, -0.2) is 0 Å². The molecule has 11 heterocycles. The summed E-state index contributed by atoms with van der Waals surface area (Å²) in [6, 6.07) is -3.71. The first-order chi connectivity index (χ1) is 60.7. The third kappa shape index (κ3) is 22.5. The van der Waals surface area contributed by atoms with Gasteiger partial charge in [0.25, 0.3) is 0 Å². The van der Waals surface area contributed by atoms with Crippen molar-refractivity contribution in [1.82, 2.24) is 10.6 Å². The van der Waals surface area contributed by atoms with Crippen molar-refractivity contribution in [2.24, 2.45) is 0 Å². The lowest BCUT2D eigenvalue weighted by molar-refractivity contribution is -0.408. The summed E-state index contributed by atoms with van der Waals surface area (Å²) in [5.41, 5.74) is 0. The van der Waals surface area contributed by atoms with Gasteiger partial charge in [-0.2, -0.15) is 0 Å². The van der Waals surface area contributed by atoms with Gasteiger partial charge in [0.05, 0.1) is 72.7 Å². The highest BCUT2D eigenvalue weighted by Crippen LogP contribution is 2.42. The van der Waals surface area contributed by atoms with Gasteiger partial charge in [-0.1, -0.05) is 0 Å².